The number of carbonyl (C=O) groups excluding carboxylic acids is 3. The number of ether oxygens (including phenoxy) is 5. The summed E-state index contributed by atoms with van der Waals surface area (Å²) in [5, 5.41) is 31.5. The zero-order valence-electron chi connectivity index (χ0n) is 47.5. The van der Waals surface area contributed by atoms with Crippen LogP contribution in [0.5, 0.6) is 0 Å². The summed E-state index contributed by atoms with van der Waals surface area (Å²) < 4.78 is 28.4. The molecule has 432 valence electrons. The first-order valence-electron chi connectivity index (χ1n) is 30.3. The van der Waals surface area contributed by atoms with Crippen molar-refractivity contribution in [1.82, 2.24) is 0 Å². The van der Waals surface area contributed by atoms with Crippen LogP contribution >= 0.6 is 0 Å². The molecule has 6 atom stereocenters. The van der Waals surface area contributed by atoms with Crippen LogP contribution in [0.2, 0.25) is 0 Å². The highest BCUT2D eigenvalue weighted by Crippen LogP contribution is 2.26. The molecule has 1 fully saturated rings. The maximum absolute atomic E-state index is 13.1. The summed E-state index contributed by atoms with van der Waals surface area (Å²) in [6, 6.07) is 0. The smallest absolute Gasteiger partial charge is 0.335 e. The van der Waals surface area contributed by atoms with E-state index in [9.17, 15) is 34.5 Å². The summed E-state index contributed by atoms with van der Waals surface area (Å²) in [6.45, 7) is 5.84. The highest BCUT2D eigenvalue weighted by molar-refractivity contribution is 5.74. The summed E-state index contributed by atoms with van der Waals surface area (Å²) >= 11 is 0. The molecule has 3 N–H and O–H groups in total. The lowest BCUT2D eigenvalue weighted by atomic mass is 9.98. The van der Waals surface area contributed by atoms with Gasteiger partial charge in [-0.05, 0) is 83.5 Å². The summed E-state index contributed by atoms with van der Waals surface area (Å²) in [5.41, 5.74) is 0. The SMILES string of the molecule is CC/C=C\C/C=C\C/C=C\CCCCCCCCCC(=O)OC1C(OCC(COC(=O)CCCCCCCCCCC/C=C\C/C=C\CCCCC)OC(=O)CCCCCCCCCCC)OC(C(=O)O)C(O)C1O. The first-order valence-corrected chi connectivity index (χ1v) is 30.3. The molecule has 0 saturated carbocycles. The molecule has 0 aromatic rings. The highest BCUT2D eigenvalue weighted by atomic mass is 16.7. The van der Waals surface area contributed by atoms with Gasteiger partial charge in [-0.1, -0.05) is 223 Å². The summed E-state index contributed by atoms with van der Waals surface area (Å²) in [7, 11) is 0. The normalized spacial score (nSPS) is 18.5. The number of aliphatic hydroxyl groups is 2. The Morgan fingerprint density at radius 1 is 0.453 bits per heavy atom. The van der Waals surface area contributed by atoms with E-state index in [1.165, 1.54) is 89.9 Å². The predicted octanol–water partition coefficient (Wildman–Crippen LogP) is 15.6. The average molecular weight is 1060 g/mol. The van der Waals surface area contributed by atoms with E-state index in [4.69, 9.17) is 23.7 Å². The van der Waals surface area contributed by atoms with Gasteiger partial charge >= 0.3 is 23.9 Å². The fourth-order valence-corrected chi connectivity index (χ4v) is 8.94. The van der Waals surface area contributed by atoms with E-state index in [2.05, 4.69) is 81.5 Å². The minimum atomic E-state index is -1.91. The van der Waals surface area contributed by atoms with Crippen molar-refractivity contribution in [2.75, 3.05) is 13.2 Å². The summed E-state index contributed by atoms with van der Waals surface area (Å²) in [6.07, 6.45) is 50.5. The third-order valence-corrected chi connectivity index (χ3v) is 13.6. The number of hydrogen-bond donors (Lipinski definition) is 3. The lowest BCUT2D eigenvalue weighted by Gasteiger charge is -2.40. The Morgan fingerprint density at radius 3 is 1.31 bits per heavy atom. The van der Waals surface area contributed by atoms with Crippen LogP contribution in [-0.2, 0) is 42.9 Å². The Hall–Kier alpha value is -3.58. The molecule has 1 saturated heterocycles. The second-order valence-corrected chi connectivity index (χ2v) is 20.6. The van der Waals surface area contributed by atoms with Crippen LogP contribution in [0.3, 0.4) is 0 Å². The van der Waals surface area contributed by atoms with Gasteiger partial charge in [-0.3, -0.25) is 14.4 Å². The molecule has 1 aliphatic rings. The largest absolute Gasteiger partial charge is 0.479 e. The molecule has 0 aromatic heterocycles. The van der Waals surface area contributed by atoms with Crippen LogP contribution in [0, 0.1) is 0 Å². The van der Waals surface area contributed by atoms with Gasteiger partial charge in [0.05, 0.1) is 6.61 Å². The van der Waals surface area contributed by atoms with E-state index in [1.807, 2.05) is 0 Å². The van der Waals surface area contributed by atoms with Gasteiger partial charge in [0.15, 0.2) is 24.6 Å². The average Bonchev–Trinajstić information content (AvgIpc) is 3.39. The quantitative estimate of drug-likeness (QED) is 0.0228. The van der Waals surface area contributed by atoms with Crippen molar-refractivity contribution in [3.05, 3.63) is 60.8 Å². The third kappa shape index (κ3) is 41.2. The fraction of sp³-hybridized carbons (Fsp3) is 0.778. The van der Waals surface area contributed by atoms with Gasteiger partial charge in [0.25, 0.3) is 0 Å². The highest BCUT2D eigenvalue weighted by Gasteiger charge is 2.50. The van der Waals surface area contributed by atoms with Crippen molar-refractivity contribution in [2.45, 2.75) is 302 Å². The Kier molecular flexibility index (Phi) is 47.4. The Balaban J connectivity index is 2.62. The summed E-state index contributed by atoms with van der Waals surface area (Å²) in [5.74, 6) is -3.13. The lowest BCUT2D eigenvalue weighted by molar-refractivity contribution is -0.301. The fourth-order valence-electron chi connectivity index (χ4n) is 8.94. The molecule has 75 heavy (non-hydrogen) atoms. The number of aliphatic carboxylic acids is 1. The van der Waals surface area contributed by atoms with E-state index >= 15 is 0 Å². The van der Waals surface area contributed by atoms with Gasteiger partial charge in [0.1, 0.15) is 18.8 Å². The molecule has 0 aliphatic carbocycles. The molecule has 0 radical (unpaired) electrons. The minimum absolute atomic E-state index is 0.0494. The van der Waals surface area contributed by atoms with E-state index in [0.717, 1.165) is 116 Å². The van der Waals surface area contributed by atoms with Gasteiger partial charge in [0, 0.05) is 19.3 Å². The van der Waals surface area contributed by atoms with E-state index in [-0.39, 0.29) is 25.9 Å². The maximum Gasteiger partial charge on any atom is 0.335 e. The number of rotatable bonds is 51. The molecular weight excluding hydrogens is 949 g/mol. The zero-order valence-corrected chi connectivity index (χ0v) is 47.5. The standard InChI is InChI=1S/C63H108O12/c1-4-7-10-13-16-19-21-23-25-27-28-30-31-33-35-38-40-43-46-49-55(64)71-52-54(73-56(65)50-47-44-41-37-18-15-12-9-6-3)53-72-63-61(59(68)58(67)60(75-63)62(69)70)74-57(66)51-48-45-42-39-36-34-32-29-26-24-22-20-17-14-11-8-5-2/h8,11,16-17,19-20,23-26,54,58-61,63,67-68H,4-7,9-10,12-15,18,21-22,27-53H2,1-3H3,(H,69,70)/b11-8-,19-16-,20-17-,25-23-,26-24-. The predicted molar refractivity (Wildman–Crippen MR) is 303 cm³/mol. The lowest BCUT2D eigenvalue weighted by Crippen LogP contribution is -2.61. The van der Waals surface area contributed by atoms with Crippen LogP contribution < -0.4 is 0 Å². The number of carboxylic acids is 1. The van der Waals surface area contributed by atoms with Gasteiger partial charge in [0.2, 0.25) is 0 Å². The second-order valence-electron chi connectivity index (χ2n) is 20.6. The monoisotopic (exact) mass is 1060 g/mol. The van der Waals surface area contributed by atoms with Crippen molar-refractivity contribution in [2.24, 2.45) is 0 Å². The molecule has 1 rings (SSSR count). The molecule has 0 spiro atoms. The molecule has 1 aliphatic heterocycles. The van der Waals surface area contributed by atoms with Crippen LogP contribution in [0.1, 0.15) is 265 Å². The van der Waals surface area contributed by atoms with E-state index in [0.29, 0.717) is 19.3 Å². The van der Waals surface area contributed by atoms with Gasteiger partial charge < -0.3 is 39.0 Å². The molecule has 0 bridgehead atoms. The molecule has 1 heterocycles. The topological polar surface area (TPSA) is 175 Å². The summed E-state index contributed by atoms with van der Waals surface area (Å²) in [4.78, 5) is 51.1. The second kappa shape index (κ2) is 51.2. The third-order valence-electron chi connectivity index (χ3n) is 13.6. The molecule has 12 nitrogen and oxygen atoms in total. The van der Waals surface area contributed by atoms with Crippen molar-refractivity contribution >= 4 is 23.9 Å². The van der Waals surface area contributed by atoms with Crippen LogP contribution in [-0.4, -0.2) is 89.2 Å². The molecule has 0 aromatic carbocycles. The Labute approximate surface area is 456 Å². The van der Waals surface area contributed by atoms with E-state index in [1.54, 1.807) is 0 Å². The van der Waals surface area contributed by atoms with Crippen molar-refractivity contribution < 1.29 is 58.2 Å². The number of aliphatic hydroxyl groups excluding tert-OH is 2. The van der Waals surface area contributed by atoms with Crippen LogP contribution in [0.25, 0.3) is 0 Å². The molecular formula is C63H108O12. The van der Waals surface area contributed by atoms with Gasteiger partial charge in [-0.25, -0.2) is 4.79 Å². The van der Waals surface area contributed by atoms with Crippen molar-refractivity contribution in [3.8, 4) is 0 Å². The number of esters is 3. The van der Waals surface area contributed by atoms with Crippen LogP contribution in [0.15, 0.2) is 60.8 Å². The Morgan fingerprint density at radius 2 is 0.840 bits per heavy atom. The number of allylic oxidation sites excluding steroid dienone is 10. The number of carbonyl (C=O) groups is 4. The first kappa shape index (κ1) is 69.4. The van der Waals surface area contributed by atoms with Gasteiger partial charge in [-0.15, -0.1) is 0 Å². The van der Waals surface area contributed by atoms with Crippen molar-refractivity contribution in [1.29, 1.82) is 0 Å². The Bertz CT molecular complexity index is 1540. The van der Waals surface area contributed by atoms with E-state index < -0.39 is 67.3 Å². The number of carboxylic acid groups (broad SMARTS) is 1. The molecule has 0 amide bonds. The zero-order chi connectivity index (χ0) is 54.7. The number of hydrogen-bond acceptors (Lipinski definition) is 11. The number of unbranched alkanes of at least 4 members (excludes halogenated alkanes) is 27. The minimum Gasteiger partial charge on any atom is -0.479 e. The van der Waals surface area contributed by atoms with Gasteiger partial charge in [-0.2, -0.15) is 0 Å². The maximum atomic E-state index is 13.1. The van der Waals surface area contributed by atoms with Crippen molar-refractivity contribution in [3.63, 3.8) is 0 Å². The molecule has 12 heteroatoms. The molecule has 6 unspecified atom stereocenters. The van der Waals surface area contributed by atoms with Crippen LogP contribution in [0.4, 0.5) is 0 Å². The first-order chi connectivity index (χ1) is 36.6.